The zero-order chi connectivity index (χ0) is 36.0. The lowest BCUT2D eigenvalue weighted by molar-refractivity contribution is 0.506. The molecule has 0 fully saturated rings. The van der Waals surface area contributed by atoms with E-state index < -0.39 is 0 Å². The SMILES string of the molecule is CC1(C)c2ccccc2-c2ccc(-c3cccc4c3sc3ccc(C5Nc6ccccc6C(c6ccc(-c7ccccc7)cc6)N5)cc34)c3cccc1c23. The fourth-order valence-electron chi connectivity index (χ4n) is 9.29. The molecule has 2 unspecified atom stereocenters. The van der Waals surface area contributed by atoms with Gasteiger partial charge in [-0.3, -0.25) is 5.32 Å². The molecule has 11 rings (SSSR count). The van der Waals surface area contributed by atoms with E-state index in [1.54, 1.807) is 0 Å². The van der Waals surface area contributed by atoms with Crippen LogP contribution in [0.3, 0.4) is 0 Å². The lowest BCUT2D eigenvalue weighted by atomic mass is 9.68. The zero-order valence-electron chi connectivity index (χ0n) is 30.2. The van der Waals surface area contributed by atoms with Crippen molar-refractivity contribution < 1.29 is 0 Å². The first-order valence-corrected chi connectivity index (χ1v) is 19.7. The van der Waals surface area contributed by atoms with Gasteiger partial charge in [0.05, 0.1) is 6.04 Å². The normalized spacial score (nSPS) is 16.9. The fourth-order valence-corrected chi connectivity index (χ4v) is 10.5. The molecule has 54 heavy (non-hydrogen) atoms. The predicted octanol–water partition coefficient (Wildman–Crippen LogP) is 13.7. The van der Waals surface area contributed by atoms with Crippen molar-refractivity contribution in [3.63, 3.8) is 0 Å². The molecule has 0 spiro atoms. The van der Waals surface area contributed by atoms with Crippen molar-refractivity contribution in [1.82, 2.24) is 5.32 Å². The van der Waals surface area contributed by atoms with E-state index in [2.05, 4.69) is 194 Å². The van der Waals surface area contributed by atoms with Crippen LogP contribution in [0.4, 0.5) is 5.69 Å². The maximum Gasteiger partial charge on any atom is 0.104 e. The average molecular weight is 711 g/mol. The molecule has 0 saturated carbocycles. The minimum atomic E-state index is -0.0753. The maximum absolute atomic E-state index is 3.99. The molecule has 2 N–H and O–H groups in total. The van der Waals surface area contributed by atoms with Crippen LogP contribution >= 0.6 is 11.3 Å². The minimum absolute atomic E-state index is 0.0482. The smallest absolute Gasteiger partial charge is 0.104 e. The summed E-state index contributed by atoms with van der Waals surface area (Å²) in [5.41, 5.74) is 15.4. The van der Waals surface area contributed by atoms with Crippen LogP contribution in [0.5, 0.6) is 0 Å². The molecule has 8 aromatic carbocycles. The van der Waals surface area contributed by atoms with Gasteiger partial charge in [0.15, 0.2) is 0 Å². The van der Waals surface area contributed by atoms with Gasteiger partial charge < -0.3 is 5.32 Å². The van der Waals surface area contributed by atoms with E-state index in [1.165, 1.54) is 97.8 Å². The molecule has 0 amide bonds. The number of thiophene rings is 1. The van der Waals surface area contributed by atoms with Crippen LogP contribution in [0.15, 0.2) is 170 Å². The van der Waals surface area contributed by atoms with Gasteiger partial charge >= 0.3 is 0 Å². The highest BCUT2D eigenvalue weighted by atomic mass is 32.1. The number of rotatable bonds is 4. The number of hydrogen-bond acceptors (Lipinski definition) is 3. The molecule has 0 saturated heterocycles. The van der Waals surface area contributed by atoms with Crippen molar-refractivity contribution in [2.24, 2.45) is 0 Å². The molecule has 2 nitrogen and oxygen atoms in total. The number of anilines is 1. The Bertz CT molecular complexity index is 2920. The third kappa shape index (κ3) is 4.75. The van der Waals surface area contributed by atoms with E-state index in [4.69, 9.17) is 0 Å². The van der Waals surface area contributed by atoms with Crippen molar-refractivity contribution in [2.75, 3.05) is 5.32 Å². The van der Waals surface area contributed by atoms with Crippen LogP contribution in [0.2, 0.25) is 0 Å². The molecule has 0 radical (unpaired) electrons. The van der Waals surface area contributed by atoms with Gasteiger partial charge in [0.25, 0.3) is 0 Å². The fraction of sp³-hybridized carbons (Fsp3) is 0.0980. The lowest BCUT2D eigenvalue weighted by Crippen LogP contribution is -2.37. The van der Waals surface area contributed by atoms with Gasteiger partial charge in [0.2, 0.25) is 0 Å². The molecule has 2 atom stereocenters. The van der Waals surface area contributed by atoms with Crippen LogP contribution < -0.4 is 10.6 Å². The Morgan fingerprint density at radius 2 is 1.19 bits per heavy atom. The Hall–Kier alpha value is -6.00. The first kappa shape index (κ1) is 31.5. The van der Waals surface area contributed by atoms with Crippen molar-refractivity contribution >= 4 is 48.0 Å². The molecule has 0 bridgehead atoms. The molecule has 1 aliphatic heterocycles. The standard InChI is InChI=1S/C51H38N2S/c1-51(2)43-19-8-6-14-36(43)38-28-27-35(37-16-11-20-44(51)47(37)38)39-17-10-18-40-42-30-34(26-29-46(42)54-49(39)40)50-52-45-21-9-7-15-41(45)48(53-50)33-24-22-32(23-25-33)31-12-4-3-5-13-31/h3-30,48,50,52-53H,1-2H3. The summed E-state index contributed by atoms with van der Waals surface area (Å²) in [6.07, 6.45) is -0.0482. The number of benzene rings is 8. The Labute approximate surface area is 319 Å². The summed E-state index contributed by atoms with van der Waals surface area (Å²) in [5.74, 6) is 0. The second kappa shape index (κ2) is 12.0. The summed E-state index contributed by atoms with van der Waals surface area (Å²) in [5, 5.41) is 13.2. The van der Waals surface area contributed by atoms with Crippen LogP contribution in [-0.2, 0) is 5.41 Å². The highest BCUT2D eigenvalue weighted by molar-refractivity contribution is 7.26. The third-order valence-corrected chi connectivity index (χ3v) is 13.2. The van der Waals surface area contributed by atoms with Crippen LogP contribution in [-0.4, -0.2) is 0 Å². The quantitative estimate of drug-likeness (QED) is 0.190. The van der Waals surface area contributed by atoms with Gasteiger partial charge in [-0.25, -0.2) is 0 Å². The topological polar surface area (TPSA) is 24.1 Å². The van der Waals surface area contributed by atoms with Gasteiger partial charge in [-0.15, -0.1) is 11.3 Å². The maximum atomic E-state index is 3.99. The predicted molar refractivity (Wildman–Crippen MR) is 229 cm³/mol. The van der Waals surface area contributed by atoms with E-state index >= 15 is 0 Å². The summed E-state index contributed by atoms with van der Waals surface area (Å²) in [7, 11) is 0. The average Bonchev–Trinajstić information content (AvgIpc) is 3.61. The van der Waals surface area contributed by atoms with Gasteiger partial charge in [-0.2, -0.15) is 0 Å². The van der Waals surface area contributed by atoms with Crippen LogP contribution in [0.25, 0.3) is 64.3 Å². The largest absolute Gasteiger partial charge is 0.366 e. The van der Waals surface area contributed by atoms with Gasteiger partial charge in [-0.05, 0) is 84.6 Å². The number of para-hydroxylation sites is 1. The molecule has 2 aliphatic rings. The van der Waals surface area contributed by atoms with E-state index in [-0.39, 0.29) is 17.6 Å². The van der Waals surface area contributed by atoms with Crippen molar-refractivity contribution in [1.29, 1.82) is 0 Å². The molecular formula is C51H38N2S. The highest BCUT2D eigenvalue weighted by Crippen LogP contribution is 2.51. The van der Waals surface area contributed by atoms with E-state index in [9.17, 15) is 0 Å². The zero-order valence-corrected chi connectivity index (χ0v) is 31.0. The Morgan fingerprint density at radius 1 is 0.500 bits per heavy atom. The van der Waals surface area contributed by atoms with Gasteiger partial charge in [0.1, 0.15) is 6.17 Å². The van der Waals surface area contributed by atoms with Crippen LogP contribution in [0.1, 0.15) is 53.9 Å². The van der Waals surface area contributed by atoms with Crippen molar-refractivity contribution in [2.45, 2.75) is 31.5 Å². The van der Waals surface area contributed by atoms with E-state index in [0.717, 1.165) is 0 Å². The summed E-state index contributed by atoms with van der Waals surface area (Å²) < 4.78 is 2.65. The Morgan fingerprint density at radius 3 is 2.07 bits per heavy atom. The molecular weight excluding hydrogens is 673 g/mol. The van der Waals surface area contributed by atoms with Gasteiger partial charge in [-0.1, -0.05) is 166 Å². The number of hydrogen-bond donors (Lipinski definition) is 2. The Balaban J connectivity index is 0.999. The van der Waals surface area contributed by atoms with Crippen molar-refractivity contribution in [3.05, 3.63) is 198 Å². The molecule has 3 heteroatoms. The molecule has 2 heterocycles. The van der Waals surface area contributed by atoms with E-state index in [1.807, 2.05) is 11.3 Å². The van der Waals surface area contributed by atoms with Gasteiger partial charge in [0, 0.05) is 36.8 Å². The molecule has 258 valence electrons. The lowest BCUT2D eigenvalue weighted by Gasteiger charge is -2.35. The monoisotopic (exact) mass is 710 g/mol. The molecule has 1 aromatic heterocycles. The minimum Gasteiger partial charge on any atom is -0.366 e. The first-order chi connectivity index (χ1) is 26.5. The number of nitrogens with one attached hydrogen (secondary N) is 2. The number of fused-ring (bicyclic) bond motifs is 6. The van der Waals surface area contributed by atoms with E-state index in [0.29, 0.717) is 0 Å². The first-order valence-electron chi connectivity index (χ1n) is 18.9. The summed E-state index contributed by atoms with van der Waals surface area (Å²) >= 11 is 1.91. The second-order valence-corrected chi connectivity index (χ2v) is 16.4. The molecule has 9 aromatic rings. The summed E-state index contributed by atoms with van der Waals surface area (Å²) in [4.78, 5) is 0. The summed E-state index contributed by atoms with van der Waals surface area (Å²) in [6.45, 7) is 4.75. The Kier molecular flexibility index (Phi) is 7.01. The third-order valence-electron chi connectivity index (χ3n) is 12.0. The second-order valence-electron chi connectivity index (χ2n) is 15.4. The van der Waals surface area contributed by atoms with Crippen LogP contribution in [0, 0.1) is 0 Å². The summed E-state index contributed by atoms with van der Waals surface area (Å²) in [6, 6.07) is 62.9. The van der Waals surface area contributed by atoms with Crippen molar-refractivity contribution in [3.8, 4) is 33.4 Å². The molecule has 1 aliphatic carbocycles. The highest BCUT2D eigenvalue weighted by Gasteiger charge is 2.34.